The topological polar surface area (TPSA) is 114 Å². The molecule has 0 fully saturated rings. The molecule has 1 atom stereocenters. The summed E-state index contributed by atoms with van der Waals surface area (Å²) in [5, 5.41) is 10.9. The van der Waals surface area contributed by atoms with Gasteiger partial charge in [-0.05, 0) is 37.1 Å². The molecule has 1 unspecified atom stereocenters. The van der Waals surface area contributed by atoms with E-state index in [0.717, 1.165) is 16.3 Å². The zero-order valence-electron chi connectivity index (χ0n) is 17.3. The Labute approximate surface area is 191 Å². The molecule has 0 aliphatic rings. The predicted octanol–water partition coefficient (Wildman–Crippen LogP) is 3.43. The molecule has 10 heteroatoms. The second-order valence-electron chi connectivity index (χ2n) is 7.24. The minimum Gasteiger partial charge on any atom is -0.301 e. The number of halogens is 1. The molecule has 0 radical (unpaired) electrons. The summed E-state index contributed by atoms with van der Waals surface area (Å²) in [7, 11) is -3.71. The standard InChI is InChI=1S/C22H25FN4O3S2/c23-18-11-9-17(10-12-18)22-27-20(15-31-22)19(8-4-5-13-26-32(24,29)30)25-14-21(28)16-6-2-1-3-7-16/h1-3,6-7,9-12,15,19,25-26H,4-5,8,13-14H2,(H2,24,29,30). The number of rotatable bonds is 12. The molecule has 32 heavy (non-hydrogen) atoms. The van der Waals surface area contributed by atoms with Crippen molar-refractivity contribution in [1.82, 2.24) is 15.0 Å². The van der Waals surface area contributed by atoms with Crippen molar-refractivity contribution in [2.45, 2.75) is 25.3 Å². The molecular formula is C22H25FN4O3S2. The Hall–Kier alpha value is -2.50. The second-order valence-corrected chi connectivity index (χ2v) is 9.48. The number of aromatic nitrogens is 1. The number of carbonyl (C=O) groups excluding carboxylic acids is 1. The molecule has 0 bridgehead atoms. The molecule has 7 nitrogen and oxygen atoms in total. The van der Waals surface area contributed by atoms with Crippen LogP contribution in [-0.2, 0) is 10.2 Å². The van der Waals surface area contributed by atoms with E-state index in [1.807, 2.05) is 23.6 Å². The summed E-state index contributed by atoms with van der Waals surface area (Å²) in [4.78, 5) is 17.2. The van der Waals surface area contributed by atoms with E-state index < -0.39 is 10.2 Å². The maximum atomic E-state index is 13.2. The molecule has 0 aliphatic heterocycles. The van der Waals surface area contributed by atoms with Gasteiger partial charge in [0.2, 0.25) is 0 Å². The molecule has 0 aliphatic carbocycles. The van der Waals surface area contributed by atoms with Gasteiger partial charge in [-0.25, -0.2) is 19.2 Å². The third-order valence-corrected chi connectivity index (χ3v) is 6.31. The van der Waals surface area contributed by atoms with Crippen molar-refractivity contribution in [3.05, 3.63) is 77.1 Å². The van der Waals surface area contributed by atoms with Gasteiger partial charge in [-0.1, -0.05) is 36.8 Å². The lowest BCUT2D eigenvalue weighted by Gasteiger charge is -2.17. The number of hydrogen-bond acceptors (Lipinski definition) is 6. The second kappa shape index (κ2) is 11.4. The molecule has 4 N–H and O–H groups in total. The molecule has 2 aromatic carbocycles. The van der Waals surface area contributed by atoms with Gasteiger partial charge in [0, 0.05) is 23.1 Å². The van der Waals surface area contributed by atoms with E-state index in [9.17, 15) is 17.6 Å². The maximum absolute atomic E-state index is 13.2. The number of Topliss-reactive ketones (excluding diaryl/α,β-unsaturated/α-hetero) is 1. The number of hydrogen-bond donors (Lipinski definition) is 3. The van der Waals surface area contributed by atoms with E-state index in [2.05, 4.69) is 10.0 Å². The van der Waals surface area contributed by atoms with E-state index in [-0.39, 0.29) is 30.7 Å². The average Bonchev–Trinajstić information content (AvgIpc) is 3.26. The molecule has 170 valence electrons. The third kappa shape index (κ3) is 7.57. The highest BCUT2D eigenvalue weighted by molar-refractivity contribution is 7.87. The molecule has 3 rings (SSSR count). The van der Waals surface area contributed by atoms with E-state index in [1.54, 1.807) is 24.3 Å². The molecular weight excluding hydrogens is 451 g/mol. The van der Waals surface area contributed by atoms with Crippen LogP contribution in [-0.4, -0.2) is 32.3 Å². The summed E-state index contributed by atoms with van der Waals surface area (Å²) >= 11 is 1.45. The molecule has 1 heterocycles. The van der Waals surface area contributed by atoms with Gasteiger partial charge >= 0.3 is 0 Å². The van der Waals surface area contributed by atoms with Gasteiger partial charge < -0.3 is 5.32 Å². The van der Waals surface area contributed by atoms with Crippen LogP contribution in [0.4, 0.5) is 4.39 Å². The van der Waals surface area contributed by atoms with Crippen LogP contribution in [0.2, 0.25) is 0 Å². The molecule has 1 aromatic heterocycles. The zero-order valence-corrected chi connectivity index (χ0v) is 19.0. The Kier molecular flexibility index (Phi) is 8.60. The Balaban J connectivity index is 1.66. The number of ketones is 1. The predicted molar refractivity (Wildman–Crippen MR) is 124 cm³/mol. The van der Waals surface area contributed by atoms with Crippen molar-refractivity contribution in [2.24, 2.45) is 5.14 Å². The Bertz CT molecular complexity index is 1120. The molecule has 0 amide bonds. The Morgan fingerprint density at radius 3 is 2.50 bits per heavy atom. The first-order valence-electron chi connectivity index (χ1n) is 10.1. The quantitative estimate of drug-likeness (QED) is 0.274. The summed E-state index contributed by atoms with van der Waals surface area (Å²) in [6.07, 6.45) is 1.94. The third-order valence-electron chi connectivity index (χ3n) is 4.80. The van der Waals surface area contributed by atoms with Crippen molar-refractivity contribution in [2.75, 3.05) is 13.1 Å². The fraction of sp³-hybridized carbons (Fsp3) is 0.273. The van der Waals surface area contributed by atoms with Crippen LogP contribution in [0.15, 0.2) is 60.0 Å². The minimum atomic E-state index is -3.71. The number of carbonyl (C=O) groups is 1. The number of nitrogens with two attached hydrogens (primary N) is 1. The van der Waals surface area contributed by atoms with Crippen LogP contribution in [0, 0.1) is 5.82 Å². The average molecular weight is 477 g/mol. The zero-order chi connectivity index (χ0) is 23.0. The number of unbranched alkanes of at least 4 members (excludes halogenated alkanes) is 1. The summed E-state index contributed by atoms with van der Waals surface area (Å²) in [6, 6.07) is 15.0. The van der Waals surface area contributed by atoms with Gasteiger partial charge in [0.15, 0.2) is 5.78 Å². The van der Waals surface area contributed by atoms with Crippen LogP contribution in [0.25, 0.3) is 10.6 Å². The van der Waals surface area contributed by atoms with Gasteiger partial charge in [-0.3, -0.25) is 4.79 Å². The van der Waals surface area contributed by atoms with Crippen LogP contribution < -0.4 is 15.2 Å². The van der Waals surface area contributed by atoms with Crippen LogP contribution >= 0.6 is 11.3 Å². The van der Waals surface area contributed by atoms with E-state index in [4.69, 9.17) is 10.1 Å². The van der Waals surface area contributed by atoms with Gasteiger partial charge in [0.1, 0.15) is 10.8 Å². The first-order chi connectivity index (χ1) is 15.3. The fourth-order valence-electron chi connectivity index (χ4n) is 3.16. The minimum absolute atomic E-state index is 0.0273. The molecule has 0 saturated carbocycles. The van der Waals surface area contributed by atoms with Crippen LogP contribution in [0.1, 0.15) is 41.4 Å². The summed E-state index contributed by atoms with van der Waals surface area (Å²) in [5.74, 6) is -0.335. The number of thiazole rings is 1. The number of nitrogens with zero attached hydrogens (tertiary/aromatic N) is 1. The molecule has 0 saturated heterocycles. The Morgan fingerprint density at radius 1 is 1.09 bits per heavy atom. The number of nitrogens with one attached hydrogen (secondary N) is 2. The Morgan fingerprint density at radius 2 is 1.81 bits per heavy atom. The summed E-state index contributed by atoms with van der Waals surface area (Å²) in [6.45, 7) is 0.389. The van der Waals surface area contributed by atoms with Crippen molar-refractivity contribution >= 4 is 27.3 Å². The highest BCUT2D eigenvalue weighted by Crippen LogP contribution is 2.28. The molecule has 0 spiro atoms. The first kappa shape index (κ1) is 24.1. The van der Waals surface area contributed by atoms with Crippen molar-refractivity contribution in [3.8, 4) is 10.6 Å². The summed E-state index contributed by atoms with van der Waals surface area (Å²) in [5.41, 5.74) is 2.23. The molecule has 3 aromatic rings. The van der Waals surface area contributed by atoms with Crippen molar-refractivity contribution in [3.63, 3.8) is 0 Å². The smallest absolute Gasteiger partial charge is 0.274 e. The first-order valence-corrected chi connectivity index (χ1v) is 12.5. The van der Waals surface area contributed by atoms with Gasteiger partial charge in [-0.15, -0.1) is 11.3 Å². The van der Waals surface area contributed by atoms with E-state index in [1.165, 1.54) is 23.5 Å². The lowest BCUT2D eigenvalue weighted by atomic mass is 10.1. The van der Waals surface area contributed by atoms with Crippen LogP contribution in [0.3, 0.4) is 0 Å². The normalized spacial score (nSPS) is 12.6. The van der Waals surface area contributed by atoms with E-state index >= 15 is 0 Å². The lowest BCUT2D eigenvalue weighted by Crippen LogP contribution is -2.31. The largest absolute Gasteiger partial charge is 0.301 e. The van der Waals surface area contributed by atoms with Gasteiger partial charge in [-0.2, -0.15) is 8.42 Å². The SMILES string of the molecule is NS(=O)(=O)NCCCCC(NCC(=O)c1ccccc1)c1csc(-c2ccc(F)cc2)n1. The summed E-state index contributed by atoms with van der Waals surface area (Å²) < 4.78 is 37.5. The van der Waals surface area contributed by atoms with Crippen molar-refractivity contribution < 1.29 is 17.6 Å². The van der Waals surface area contributed by atoms with E-state index in [0.29, 0.717) is 24.8 Å². The maximum Gasteiger partial charge on any atom is 0.274 e. The van der Waals surface area contributed by atoms with Crippen molar-refractivity contribution in [1.29, 1.82) is 0 Å². The van der Waals surface area contributed by atoms with Crippen LogP contribution in [0.5, 0.6) is 0 Å². The van der Waals surface area contributed by atoms with Gasteiger partial charge in [0.05, 0.1) is 18.3 Å². The highest BCUT2D eigenvalue weighted by Gasteiger charge is 2.17. The highest BCUT2D eigenvalue weighted by atomic mass is 32.2. The lowest BCUT2D eigenvalue weighted by molar-refractivity contribution is 0.0986. The fourth-order valence-corrected chi connectivity index (χ4v) is 4.46. The van der Waals surface area contributed by atoms with Gasteiger partial charge in [0.25, 0.3) is 10.2 Å². The number of benzene rings is 2. The monoisotopic (exact) mass is 476 g/mol.